The third-order valence-corrected chi connectivity index (χ3v) is 7.70. The molecule has 5 aromatic carbocycles. The van der Waals surface area contributed by atoms with Crippen LogP contribution in [0.3, 0.4) is 0 Å². The summed E-state index contributed by atoms with van der Waals surface area (Å²) in [5.41, 5.74) is 9.81. The van der Waals surface area contributed by atoms with E-state index in [4.69, 9.17) is 14.4 Å². The summed E-state index contributed by atoms with van der Waals surface area (Å²) in [6, 6.07) is 39.7. The van der Waals surface area contributed by atoms with E-state index in [1.54, 1.807) is 6.07 Å². The molecule has 7 aromatic rings. The third kappa shape index (κ3) is 5.40. The number of aromatic nitrogens is 2. The number of benzene rings is 5. The van der Waals surface area contributed by atoms with Gasteiger partial charge in [-0.25, -0.2) is 4.98 Å². The molecule has 0 spiro atoms. The minimum atomic E-state index is -0.0174. The molecule has 0 unspecified atom stereocenters. The molecule has 0 aliphatic heterocycles. The molecule has 2 heterocycles. The van der Waals surface area contributed by atoms with Gasteiger partial charge in [0.05, 0.1) is 0 Å². The number of pyridine rings is 1. The van der Waals surface area contributed by atoms with Crippen LogP contribution in [0, 0.1) is 6.07 Å². The molecule has 0 amide bonds. The molecule has 0 saturated heterocycles. The Morgan fingerprint density at radius 1 is 0.674 bits per heavy atom. The molecular formula is C38H29N2O2Pt-. The fourth-order valence-corrected chi connectivity index (χ4v) is 5.42. The Bertz CT molecular complexity index is 2090. The number of fused-ring (bicyclic) bond motifs is 2. The number of phenolic OH excluding ortho intramolecular Hbond substituents is 1. The van der Waals surface area contributed by atoms with Crippen LogP contribution in [-0.4, -0.2) is 15.1 Å². The summed E-state index contributed by atoms with van der Waals surface area (Å²) in [4.78, 5) is 9.65. The van der Waals surface area contributed by atoms with E-state index >= 15 is 0 Å². The van der Waals surface area contributed by atoms with Crippen LogP contribution in [0.1, 0.15) is 26.3 Å². The zero-order valence-electron chi connectivity index (χ0n) is 24.0. The SMILES string of the molecule is CC(C)(C)c1cc(-c2[c-]c(-c3nc4c(-c5cc(-c6ccccc6)ccc5O)cccc4o3)ccc2)c2ncccc2c1.[Pt]. The summed E-state index contributed by atoms with van der Waals surface area (Å²) in [5, 5.41) is 12.0. The van der Waals surface area contributed by atoms with Gasteiger partial charge in [0.15, 0.2) is 5.89 Å². The Balaban J connectivity index is 0.00000329. The number of hydrogen-bond donors (Lipinski definition) is 1. The predicted octanol–water partition coefficient (Wildman–Crippen LogP) is 9.84. The Labute approximate surface area is 265 Å². The van der Waals surface area contributed by atoms with Gasteiger partial charge in [0.2, 0.25) is 0 Å². The van der Waals surface area contributed by atoms with Crippen molar-refractivity contribution in [2.45, 2.75) is 26.2 Å². The van der Waals surface area contributed by atoms with Gasteiger partial charge in [0.1, 0.15) is 16.8 Å². The van der Waals surface area contributed by atoms with E-state index in [2.05, 4.69) is 63.2 Å². The van der Waals surface area contributed by atoms with Gasteiger partial charge in [-0.15, -0.1) is 29.8 Å². The van der Waals surface area contributed by atoms with Crippen LogP contribution in [0.4, 0.5) is 0 Å². The quantitative estimate of drug-likeness (QED) is 0.183. The Morgan fingerprint density at radius 3 is 2.28 bits per heavy atom. The molecule has 0 aliphatic rings. The van der Waals surface area contributed by atoms with Crippen molar-refractivity contribution in [3.8, 4) is 50.6 Å². The maximum atomic E-state index is 10.9. The van der Waals surface area contributed by atoms with Crippen molar-refractivity contribution in [1.29, 1.82) is 0 Å². The van der Waals surface area contributed by atoms with Gasteiger partial charge in [-0.3, -0.25) is 4.98 Å². The smallest absolute Gasteiger partial charge is 0.159 e. The molecule has 0 aliphatic carbocycles. The molecule has 0 atom stereocenters. The number of phenols is 1. The first-order chi connectivity index (χ1) is 20.3. The van der Waals surface area contributed by atoms with Crippen LogP contribution < -0.4 is 0 Å². The van der Waals surface area contributed by atoms with E-state index in [-0.39, 0.29) is 32.2 Å². The molecule has 5 heteroatoms. The van der Waals surface area contributed by atoms with Crippen molar-refractivity contribution in [3.63, 3.8) is 0 Å². The van der Waals surface area contributed by atoms with Crippen molar-refractivity contribution in [2.24, 2.45) is 0 Å². The maximum absolute atomic E-state index is 10.9. The van der Waals surface area contributed by atoms with Crippen molar-refractivity contribution in [3.05, 3.63) is 127 Å². The molecule has 0 fully saturated rings. The minimum Gasteiger partial charge on any atom is -0.507 e. The summed E-state index contributed by atoms with van der Waals surface area (Å²) in [6.45, 7) is 6.66. The molecule has 214 valence electrons. The van der Waals surface area contributed by atoms with Gasteiger partial charge >= 0.3 is 0 Å². The number of aromatic hydroxyl groups is 1. The number of hydrogen-bond acceptors (Lipinski definition) is 4. The monoisotopic (exact) mass is 740 g/mol. The van der Waals surface area contributed by atoms with Crippen LogP contribution >= 0.6 is 0 Å². The number of para-hydroxylation sites is 1. The van der Waals surface area contributed by atoms with Gasteiger partial charge in [0, 0.05) is 43.9 Å². The van der Waals surface area contributed by atoms with Gasteiger partial charge in [-0.2, -0.15) is 0 Å². The van der Waals surface area contributed by atoms with Crippen molar-refractivity contribution >= 4 is 22.0 Å². The van der Waals surface area contributed by atoms with Gasteiger partial charge in [0.25, 0.3) is 0 Å². The summed E-state index contributed by atoms with van der Waals surface area (Å²) in [5.74, 6) is 0.667. The molecule has 0 saturated carbocycles. The third-order valence-electron chi connectivity index (χ3n) is 7.70. The second-order valence-electron chi connectivity index (χ2n) is 11.6. The van der Waals surface area contributed by atoms with Gasteiger partial charge in [-0.1, -0.05) is 98.6 Å². The van der Waals surface area contributed by atoms with Gasteiger partial charge in [-0.05, 0) is 51.8 Å². The van der Waals surface area contributed by atoms with Crippen molar-refractivity contribution < 1.29 is 30.6 Å². The van der Waals surface area contributed by atoms with E-state index in [1.807, 2.05) is 72.9 Å². The molecule has 7 rings (SSSR count). The molecule has 0 bridgehead atoms. The normalized spacial score (nSPS) is 11.5. The van der Waals surface area contributed by atoms with E-state index in [0.717, 1.165) is 44.3 Å². The molecule has 2 aromatic heterocycles. The summed E-state index contributed by atoms with van der Waals surface area (Å²) >= 11 is 0. The van der Waals surface area contributed by atoms with E-state index < -0.39 is 0 Å². The average molecular weight is 741 g/mol. The number of oxazole rings is 1. The second kappa shape index (κ2) is 11.3. The first kappa shape index (κ1) is 28.6. The summed E-state index contributed by atoms with van der Waals surface area (Å²) in [6.07, 6.45) is 1.83. The number of nitrogens with zero attached hydrogens (tertiary/aromatic N) is 2. The van der Waals surface area contributed by atoms with E-state index in [9.17, 15) is 5.11 Å². The zero-order valence-corrected chi connectivity index (χ0v) is 26.3. The largest absolute Gasteiger partial charge is 0.507 e. The number of rotatable bonds is 4. The first-order valence-electron chi connectivity index (χ1n) is 14.1. The van der Waals surface area contributed by atoms with Crippen molar-refractivity contribution in [1.82, 2.24) is 9.97 Å². The second-order valence-corrected chi connectivity index (χ2v) is 11.6. The maximum Gasteiger partial charge on any atom is 0.159 e. The summed E-state index contributed by atoms with van der Waals surface area (Å²) < 4.78 is 6.29. The van der Waals surface area contributed by atoms with Crippen LogP contribution in [0.5, 0.6) is 5.75 Å². The fraction of sp³-hybridized carbons (Fsp3) is 0.105. The predicted molar refractivity (Wildman–Crippen MR) is 170 cm³/mol. The van der Waals surface area contributed by atoms with Crippen molar-refractivity contribution in [2.75, 3.05) is 0 Å². The standard InChI is InChI=1S/C38H29N2O2.Pt/c1-38(2,3)29-21-27-14-9-19-39-35(27)31(23-29)26-12-7-13-28(20-26)37-40-36-30(15-8-16-34(36)42-37)32-22-25(17-18-33(32)41)24-10-5-4-6-11-24;/h4-19,21-23,41H,1-3H3;/q-1;. The van der Waals surface area contributed by atoms with E-state index in [0.29, 0.717) is 22.6 Å². The molecular weight excluding hydrogens is 712 g/mol. The molecule has 4 nitrogen and oxygen atoms in total. The van der Waals surface area contributed by atoms with Crippen LogP contribution in [0.15, 0.2) is 120 Å². The summed E-state index contributed by atoms with van der Waals surface area (Å²) in [7, 11) is 0. The fourth-order valence-electron chi connectivity index (χ4n) is 5.42. The molecule has 0 radical (unpaired) electrons. The van der Waals surface area contributed by atoms with Crippen LogP contribution in [0.2, 0.25) is 0 Å². The zero-order chi connectivity index (χ0) is 28.8. The van der Waals surface area contributed by atoms with Crippen LogP contribution in [-0.2, 0) is 26.5 Å². The Kier molecular flexibility index (Phi) is 7.50. The van der Waals surface area contributed by atoms with Crippen LogP contribution in [0.25, 0.3) is 66.8 Å². The minimum absolute atomic E-state index is 0. The first-order valence-corrected chi connectivity index (χ1v) is 14.1. The molecule has 43 heavy (non-hydrogen) atoms. The average Bonchev–Trinajstić information content (AvgIpc) is 3.46. The Hall–Kier alpha value is -4.53. The Morgan fingerprint density at radius 2 is 1.47 bits per heavy atom. The molecule has 1 N–H and O–H groups in total. The van der Waals surface area contributed by atoms with Gasteiger partial charge < -0.3 is 9.52 Å². The topological polar surface area (TPSA) is 59.2 Å². The van der Waals surface area contributed by atoms with E-state index in [1.165, 1.54) is 5.56 Å².